The smallest absolute Gasteiger partial charge is 0.00443 e. The van der Waals surface area contributed by atoms with Crippen LogP contribution in [0.3, 0.4) is 0 Å². The molecule has 0 saturated heterocycles. The van der Waals surface area contributed by atoms with Gasteiger partial charge in [0, 0.05) is 6.04 Å². The second-order valence-corrected chi connectivity index (χ2v) is 4.36. The number of rotatable bonds is 0. The lowest BCUT2D eigenvalue weighted by Gasteiger charge is -2.38. The first-order chi connectivity index (χ1) is 5.24. The van der Waals surface area contributed by atoms with Gasteiger partial charge < -0.3 is 5.73 Å². The highest BCUT2D eigenvalue weighted by molar-refractivity contribution is 5.04. The van der Waals surface area contributed by atoms with Gasteiger partial charge in [-0.25, -0.2) is 0 Å². The first kappa shape index (κ1) is 7.35. The fourth-order valence-electron chi connectivity index (χ4n) is 2.85. The Bertz CT molecular complexity index is 154. The Hall–Kier alpha value is -0.300. The third kappa shape index (κ3) is 1.48. The maximum absolute atomic E-state index is 5.94. The molecule has 0 aromatic heterocycles. The highest BCUT2D eigenvalue weighted by Crippen LogP contribution is 2.40. The van der Waals surface area contributed by atoms with E-state index in [9.17, 15) is 0 Å². The van der Waals surface area contributed by atoms with Crippen molar-refractivity contribution in [2.75, 3.05) is 0 Å². The third-order valence-electron chi connectivity index (χ3n) is 3.09. The van der Waals surface area contributed by atoms with Crippen LogP contribution in [0.4, 0.5) is 0 Å². The molecule has 0 heterocycles. The van der Waals surface area contributed by atoms with Crippen LogP contribution in [0.2, 0.25) is 0 Å². The van der Waals surface area contributed by atoms with Gasteiger partial charge in [-0.15, -0.1) is 0 Å². The van der Waals surface area contributed by atoms with Gasteiger partial charge >= 0.3 is 0 Å². The van der Waals surface area contributed by atoms with E-state index >= 15 is 0 Å². The van der Waals surface area contributed by atoms with Gasteiger partial charge in [-0.3, -0.25) is 0 Å². The van der Waals surface area contributed by atoms with Gasteiger partial charge in [-0.2, -0.15) is 0 Å². The Labute approximate surface area is 68.7 Å². The van der Waals surface area contributed by atoms with Gasteiger partial charge in [0.1, 0.15) is 0 Å². The van der Waals surface area contributed by atoms with Crippen molar-refractivity contribution in [3.63, 3.8) is 0 Å². The first-order valence-electron chi connectivity index (χ1n) is 4.66. The topological polar surface area (TPSA) is 26.0 Å². The number of hydrogen-bond acceptors (Lipinski definition) is 1. The summed E-state index contributed by atoms with van der Waals surface area (Å²) in [5, 5.41) is 0. The van der Waals surface area contributed by atoms with Crippen LogP contribution in [0.15, 0.2) is 12.2 Å². The van der Waals surface area contributed by atoms with E-state index in [0.717, 1.165) is 11.8 Å². The Morgan fingerprint density at radius 3 is 2.18 bits per heavy atom. The quantitative estimate of drug-likeness (QED) is 0.527. The molecule has 0 aromatic rings. The molecule has 0 radical (unpaired) electrons. The second-order valence-electron chi connectivity index (χ2n) is 4.36. The zero-order chi connectivity index (χ0) is 7.84. The molecule has 0 aliphatic heterocycles. The van der Waals surface area contributed by atoms with Crippen LogP contribution in [-0.4, -0.2) is 6.04 Å². The molecule has 2 unspecified atom stereocenters. The summed E-state index contributed by atoms with van der Waals surface area (Å²) < 4.78 is 0. The van der Waals surface area contributed by atoms with Gasteiger partial charge in [-0.1, -0.05) is 12.2 Å². The van der Waals surface area contributed by atoms with Gasteiger partial charge in [0.05, 0.1) is 0 Å². The van der Waals surface area contributed by atoms with E-state index in [1.165, 1.54) is 37.7 Å². The minimum Gasteiger partial charge on any atom is -0.328 e. The van der Waals surface area contributed by atoms with E-state index in [0.29, 0.717) is 6.04 Å². The lowest BCUT2D eigenvalue weighted by Crippen LogP contribution is -2.35. The van der Waals surface area contributed by atoms with Crippen LogP contribution < -0.4 is 5.73 Å². The van der Waals surface area contributed by atoms with Crippen molar-refractivity contribution in [1.82, 2.24) is 0 Å². The first-order valence-corrected chi connectivity index (χ1v) is 4.66. The third-order valence-corrected chi connectivity index (χ3v) is 3.09. The SMILES string of the molecule is C=C1CC2CC(N)CC(C1)C2. The average molecular weight is 151 g/mol. The molecule has 62 valence electrons. The van der Waals surface area contributed by atoms with Crippen molar-refractivity contribution < 1.29 is 0 Å². The van der Waals surface area contributed by atoms with E-state index < -0.39 is 0 Å². The summed E-state index contributed by atoms with van der Waals surface area (Å²) in [6, 6.07) is 0.492. The predicted molar refractivity (Wildman–Crippen MR) is 47.2 cm³/mol. The number of fused-ring (bicyclic) bond motifs is 2. The normalized spacial score (nSPS) is 44.1. The molecular weight excluding hydrogens is 134 g/mol. The fourth-order valence-corrected chi connectivity index (χ4v) is 2.85. The number of hydrogen-bond donors (Lipinski definition) is 1. The summed E-state index contributed by atoms with van der Waals surface area (Å²) in [7, 11) is 0. The second kappa shape index (κ2) is 2.63. The van der Waals surface area contributed by atoms with Crippen LogP contribution in [0.1, 0.15) is 32.1 Å². The molecule has 1 nitrogen and oxygen atoms in total. The molecule has 2 aliphatic rings. The monoisotopic (exact) mass is 151 g/mol. The zero-order valence-corrected chi connectivity index (χ0v) is 7.05. The number of nitrogens with two attached hydrogens (primary N) is 1. The largest absolute Gasteiger partial charge is 0.328 e. The van der Waals surface area contributed by atoms with E-state index in [4.69, 9.17) is 5.73 Å². The molecule has 11 heavy (non-hydrogen) atoms. The van der Waals surface area contributed by atoms with Crippen LogP contribution in [0.25, 0.3) is 0 Å². The van der Waals surface area contributed by atoms with E-state index in [1.807, 2.05) is 0 Å². The lowest BCUT2D eigenvalue weighted by atomic mass is 9.69. The summed E-state index contributed by atoms with van der Waals surface area (Å²) in [6.07, 6.45) is 6.42. The molecular formula is C10H17N. The molecule has 2 aliphatic carbocycles. The maximum Gasteiger partial charge on any atom is 0.00443 e. The number of allylic oxidation sites excluding steroid dienone is 1. The van der Waals surface area contributed by atoms with Crippen LogP contribution >= 0.6 is 0 Å². The summed E-state index contributed by atoms with van der Waals surface area (Å²) in [4.78, 5) is 0. The Kier molecular flexibility index (Phi) is 1.76. The molecule has 0 spiro atoms. The molecule has 0 amide bonds. The van der Waals surface area contributed by atoms with Gasteiger partial charge in [0.25, 0.3) is 0 Å². The summed E-state index contributed by atoms with van der Waals surface area (Å²) in [5.74, 6) is 1.76. The van der Waals surface area contributed by atoms with Crippen molar-refractivity contribution in [1.29, 1.82) is 0 Å². The van der Waals surface area contributed by atoms with E-state index in [1.54, 1.807) is 0 Å². The summed E-state index contributed by atoms with van der Waals surface area (Å²) >= 11 is 0. The average Bonchev–Trinajstić information content (AvgIpc) is 1.82. The van der Waals surface area contributed by atoms with Crippen LogP contribution in [-0.2, 0) is 0 Å². The lowest BCUT2D eigenvalue weighted by molar-refractivity contribution is 0.206. The fraction of sp³-hybridized carbons (Fsp3) is 0.800. The highest BCUT2D eigenvalue weighted by Gasteiger charge is 2.31. The van der Waals surface area contributed by atoms with Crippen molar-refractivity contribution >= 4 is 0 Å². The molecule has 2 saturated carbocycles. The van der Waals surface area contributed by atoms with Crippen LogP contribution in [0, 0.1) is 11.8 Å². The minimum absolute atomic E-state index is 0.492. The van der Waals surface area contributed by atoms with Crippen molar-refractivity contribution in [3.05, 3.63) is 12.2 Å². The van der Waals surface area contributed by atoms with Gasteiger partial charge in [0.2, 0.25) is 0 Å². The summed E-state index contributed by atoms with van der Waals surface area (Å²) in [6.45, 7) is 4.08. The summed E-state index contributed by atoms with van der Waals surface area (Å²) in [5.41, 5.74) is 7.41. The molecule has 1 heteroatoms. The minimum atomic E-state index is 0.492. The molecule has 2 N–H and O–H groups in total. The highest BCUT2D eigenvalue weighted by atomic mass is 14.6. The molecule has 2 atom stereocenters. The van der Waals surface area contributed by atoms with Gasteiger partial charge in [-0.05, 0) is 43.9 Å². The molecule has 2 fully saturated rings. The van der Waals surface area contributed by atoms with Crippen molar-refractivity contribution in [2.24, 2.45) is 17.6 Å². The van der Waals surface area contributed by atoms with Crippen molar-refractivity contribution in [3.8, 4) is 0 Å². The Morgan fingerprint density at radius 2 is 1.64 bits per heavy atom. The molecule has 2 bridgehead atoms. The van der Waals surface area contributed by atoms with Crippen molar-refractivity contribution in [2.45, 2.75) is 38.1 Å². The van der Waals surface area contributed by atoms with Gasteiger partial charge in [0.15, 0.2) is 0 Å². The standard InChI is InChI=1S/C10H17N/c1-7-2-8-4-9(3-7)6-10(11)5-8/h8-10H,1-6,11H2. The predicted octanol–water partition coefficient (Wildman–Crippen LogP) is 2.08. The zero-order valence-electron chi connectivity index (χ0n) is 7.05. The molecule has 2 rings (SSSR count). The molecule has 0 aromatic carbocycles. The Morgan fingerprint density at radius 1 is 1.09 bits per heavy atom. The van der Waals surface area contributed by atoms with Crippen LogP contribution in [0.5, 0.6) is 0 Å². The maximum atomic E-state index is 5.94. The van der Waals surface area contributed by atoms with E-state index in [-0.39, 0.29) is 0 Å². The Balaban J connectivity index is 2.05. The van der Waals surface area contributed by atoms with E-state index in [2.05, 4.69) is 6.58 Å².